The number of pyridine rings is 1. The lowest BCUT2D eigenvalue weighted by Crippen LogP contribution is -2.59. The summed E-state index contributed by atoms with van der Waals surface area (Å²) in [6.45, 7) is 2.95. The second-order valence-corrected chi connectivity index (χ2v) is 14.5. The van der Waals surface area contributed by atoms with Gasteiger partial charge in [-0.3, -0.25) is 9.48 Å². The van der Waals surface area contributed by atoms with E-state index in [0.29, 0.717) is 0 Å². The van der Waals surface area contributed by atoms with Crippen molar-refractivity contribution in [3.63, 3.8) is 0 Å². The van der Waals surface area contributed by atoms with E-state index in [1.807, 2.05) is 0 Å². The van der Waals surface area contributed by atoms with Crippen molar-refractivity contribution >= 4 is 15.7 Å². The molecule has 3 N–H and O–H groups in total. The third-order valence-corrected chi connectivity index (χ3v) is 10.4. The molecule has 242 valence electrons. The fourth-order valence-electron chi connectivity index (χ4n) is 5.03. The first-order valence-corrected chi connectivity index (χ1v) is 15.4. The molecule has 1 saturated carbocycles. The van der Waals surface area contributed by atoms with Gasteiger partial charge in [0, 0.05) is 37.0 Å². The Balaban J connectivity index is 1.91. The average Bonchev–Trinajstić information content (AvgIpc) is 3.19. The van der Waals surface area contributed by atoms with Gasteiger partial charge in [-0.15, -0.1) is 0 Å². The Hall–Kier alpha value is -2.85. The summed E-state index contributed by atoms with van der Waals surface area (Å²) in [4.78, 5) is 17.1. The molecule has 2 aromatic heterocycles. The van der Waals surface area contributed by atoms with Crippen molar-refractivity contribution in [2.24, 2.45) is 5.41 Å². The smallest absolute Gasteiger partial charge is 0.394 e. The molecule has 2 aromatic rings. The van der Waals surface area contributed by atoms with Crippen LogP contribution in [0.3, 0.4) is 0 Å². The molecule has 0 aliphatic heterocycles. The number of sulfone groups is 1. The van der Waals surface area contributed by atoms with Gasteiger partial charge >= 0.3 is 12.8 Å². The number of amides is 1. The van der Waals surface area contributed by atoms with Gasteiger partial charge in [0.25, 0.3) is 5.91 Å². The number of halogens is 5. The predicted octanol–water partition coefficient (Wildman–Crippen LogP) is 3.81. The Labute approximate surface area is 246 Å². The molecule has 3 rings (SSSR count). The normalized spacial score (nSPS) is 23.4. The highest BCUT2D eigenvalue weighted by atomic mass is 32.2. The Morgan fingerprint density at radius 2 is 1.88 bits per heavy atom. The van der Waals surface area contributed by atoms with Crippen molar-refractivity contribution in [3.05, 3.63) is 29.1 Å². The molecule has 1 aliphatic carbocycles. The summed E-state index contributed by atoms with van der Waals surface area (Å²) in [6.07, 6.45) is -5.86. The lowest BCUT2D eigenvalue weighted by molar-refractivity contribution is -0.211. The van der Waals surface area contributed by atoms with Crippen LogP contribution in [0.15, 0.2) is 12.1 Å². The molecular weight excluding hydrogens is 603 g/mol. The van der Waals surface area contributed by atoms with Crippen LogP contribution in [0.4, 0.5) is 22.0 Å². The van der Waals surface area contributed by atoms with Crippen LogP contribution in [0.25, 0.3) is 11.3 Å². The van der Waals surface area contributed by atoms with Gasteiger partial charge in [-0.25, -0.2) is 13.4 Å². The number of carbonyl (C=O) groups is 1. The SMILES string of the molecule is CCn1nc(C(=O)NC[C@]2(O)CCC(C)(S(C)(=O)=O)C[C@H]2O)c(C)c1-c1ccc(CC(C)(C)C(F)(F)F)nc1OC(F)F. The molecular formula is C27H37F5N4O6S. The monoisotopic (exact) mass is 640 g/mol. The number of aryl methyl sites for hydroxylation is 1. The van der Waals surface area contributed by atoms with E-state index >= 15 is 0 Å². The van der Waals surface area contributed by atoms with Gasteiger partial charge in [-0.2, -0.15) is 27.1 Å². The molecule has 0 aromatic carbocycles. The summed E-state index contributed by atoms with van der Waals surface area (Å²) in [7, 11) is -3.53. The van der Waals surface area contributed by atoms with Gasteiger partial charge in [0.2, 0.25) is 5.88 Å². The van der Waals surface area contributed by atoms with Crippen molar-refractivity contribution in [1.29, 1.82) is 0 Å². The molecule has 16 heteroatoms. The molecule has 43 heavy (non-hydrogen) atoms. The lowest BCUT2D eigenvalue weighted by atomic mass is 9.76. The van der Waals surface area contributed by atoms with Gasteiger partial charge in [0.15, 0.2) is 15.5 Å². The minimum absolute atomic E-state index is 0.0267. The van der Waals surface area contributed by atoms with Gasteiger partial charge in [0.1, 0.15) is 5.60 Å². The van der Waals surface area contributed by atoms with Crippen LogP contribution >= 0.6 is 0 Å². The van der Waals surface area contributed by atoms with Crippen molar-refractivity contribution in [1.82, 2.24) is 20.1 Å². The number of hydrogen-bond acceptors (Lipinski definition) is 8. The Bertz CT molecular complexity index is 1460. The summed E-state index contributed by atoms with van der Waals surface area (Å²) in [6, 6.07) is 2.54. The molecule has 10 nitrogen and oxygen atoms in total. The molecule has 0 saturated heterocycles. The van der Waals surface area contributed by atoms with Crippen LogP contribution in [0, 0.1) is 12.3 Å². The lowest BCUT2D eigenvalue weighted by Gasteiger charge is -2.44. The van der Waals surface area contributed by atoms with E-state index in [1.54, 1.807) is 6.92 Å². The van der Waals surface area contributed by atoms with Crippen molar-refractivity contribution in [2.75, 3.05) is 12.8 Å². The maximum atomic E-state index is 13.4. The average molecular weight is 641 g/mol. The molecule has 1 unspecified atom stereocenters. The number of ether oxygens (including phenoxy) is 1. The number of alkyl halides is 5. The van der Waals surface area contributed by atoms with Crippen LogP contribution in [-0.4, -0.2) is 81.3 Å². The zero-order valence-electron chi connectivity index (χ0n) is 24.7. The third kappa shape index (κ3) is 7.11. The van der Waals surface area contributed by atoms with Crippen LogP contribution < -0.4 is 10.1 Å². The molecule has 0 radical (unpaired) electrons. The van der Waals surface area contributed by atoms with E-state index < -0.39 is 69.2 Å². The van der Waals surface area contributed by atoms with Crippen LogP contribution in [0.1, 0.15) is 68.7 Å². The van der Waals surface area contributed by atoms with Crippen LogP contribution in [0.2, 0.25) is 0 Å². The number of nitrogens with zero attached hydrogens (tertiary/aromatic N) is 3. The maximum Gasteiger partial charge on any atom is 0.394 e. The standard InChI is InChI=1S/C27H37F5N4O6S/c1-7-36-20(17-9-8-16(34-22(17)42-23(28)29)12-24(3,4)27(30,31)32)15(2)19(35-36)21(38)33-14-26(39)11-10-25(5,13-18(26)37)43(6,40)41/h8-9,18,23,37,39H,7,10-14H2,1-6H3,(H,33,38)/t18-,25?,26-/m1/s1. The highest BCUT2D eigenvalue weighted by Gasteiger charge is 2.50. The van der Waals surface area contributed by atoms with Crippen molar-refractivity contribution in [2.45, 2.75) is 96.1 Å². The summed E-state index contributed by atoms with van der Waals surface area (Å²) >= 11 is 0. The van der Waals surface area contributed by atoms with E-state index in [4.69, 9.17) is 0 Å². The first-order valence-electron chi connectivity index (χ1n) is 13.5. The van der Waals surface area contributed by atoms with Gasteiger partial charge < -0.3 is 20.3 Å². The fraction of sp³-hybridized carbons (Fsp3) is 0.667. The minimum atomic E-state index is -4.58. The van der Waals surface area contributed by atoms with Gasteiger partial charge in [-0.05, 0) is 52.2 Å². The van der Waals surface area contributed by atoms with E-state index in [1.165, 1.54) is 30.7 Å². The van der Waals surface area contributed by atoms with Crippen LogP contribution in [-0.2, 0) is 22.8 Å². The molecule has 1 fully saturated rings. The second-order valence-electron chi connectivity index (χ2n) is 12.0. The van der Waals surface area contributed by atoms with E-state index in [2.05, 4.69) is 20.1 Å². The second kappa shape index (κ2) is 11.9. The third-order valence-electron chi connectivity index (χ3n) is 8.25. The zero-order valence-corrected chi connectivity index (χ0v) is 25.5. The highest BCUT2D eigenvalue weighted by molar-refractivity contribution is 7.92. The zero-order chi connectivity index (χ0) is 32.8. The minimum Gasteiger partial charge on any atom is -0.416 e. The topological polar surface area (TPSA) is 144 Å². The van der Waals surface area contributed by atoms with E-state index in [0.717, 1.165) is 20.1 Å². The molecule has 1 amide bonds. The van der Waals surface area contributed by atoms with Gasteiger partial charge in [0.05, 0.1) is 27.5 Å². The van der Waals surface area contributed by atoms with E-state index in [-0.39, 0.29) is 54.0 Å². The number of aliphatic hydroxyl groups excluding tert-OH is 1. The number of hydrogen-bond donors (Lipinski definition) is 3. The Kier molecular flexibility index (Phi) is 9.60. The summed E-state index contributed by atoms with van der Waals surface area (Å²) in [5.41, 5.74) is -3.94. The van der Waals surface area contributed by atoms with Gasteiger partial charge in [-0.1, -0.05) is 13.8 Å². The van der Waals surface area contributed by atoms with Crippen LogP contribution in [0.5, 0.6) is 5.88 Å². The number of aliphatic hydroxyl groups is 2. The summed E-state index contributed by atoms with van der Waals surface area (Å²) < 4.78 is 96.0. The molecule has 3 atom stereocenters. The predicted molar refractivity (Wildman–Crippen MR) is 146 cm³/mol. The number of rotatable bonds is 10. The Morgan fingerprint density at radius 3 is 2.40 bits per heavy atom. The maximum absolute atomic E-state index is 13.4. The number of nitrogens with one attached hydrogen (secondary N) is 1. The molecule has 1 aliphatic rings. The number of carbonyl (C=O) groups excluding carboxylic acids is 1. The van der Waals surface area contributed by atoms with E-state index in [9.17, 15) is 45.4 Å². The molecule has 0 spiro atoms. The molecule has 0 bridgehead atoms. The van der Waals surface area contributed by atoms with Crippen molar-refractivity contribution in [3.8, 4) is 17.1 Å². The first kappa shape index (κ1) is 34.6. The Morgan fingerprint density at radius 1 is 1.26 bits per heavy atom. The molecule has 2 heterocycles. The number of aromatic nitrogens is 3. The largest absolute Gasteiger partial charge is 0.416 e. The first-order chi connectivity index (χ1) is 19.5. The fourth-order valence-corrected chi connectivity index (χ4v) is 5.96. The van der Waals surface area contributed by atoms with Crippen molar-refractivity contribution < 1.29 is 50.1 Å². The quantitative estimate of drug-likeness (QED) is 0.333. The highest BCUT2D eigenvalue weighted by Crippen LogP contribution is 2.42. The summed E-state index contributed by atoms with van der Waals surface area (Å²) in [5.74, 6) is -1.40. The summed E-state index contributed by atoms with van der Waals surface area (Å²) in [5, 5.41) is 28.4.